The fourth-order valence-electron chi connectivity index (χ4n) is 1.42. The first-order chi connectivity index (χ1) is 7.36. The molecular weight excluding hydrogens is 206 g/mol. The second-order valence-electron chi connectivity index (χ2n) is 3.22. The highest BCUT2D eigenvalue weighted by molar-refractivity contribution is 7.17. The minimum absolute atomic E-state index is 0.624. The van der Waals surface area contributed by atoms with Gasteiger partial charge in [-0.15, -0.1) is 11.3 Å². The molecule has 0 aliphatic heterocycles. The number of aromatic nitrogens is 1. The van der Waals surface area contributed by atoms with Gasteiger partial charge in [0.15, 0.2) is 0 Å². The normalized spacial score (nSPS) is 10.1. The average Bonchev–Trinajstić information content (AvgIpc) is 2.73. The van der Waals surface area contributed by atoms with Gasteiger partial charge in [0.2, 0.25) is 0 Å². The molecule has 0 amide bonds. The van der Waals surface area contributed by atoms with Gasteiger partial charge in [-0.3, -0.25) is 4.98 Å². The predicted molar refractivity (Wildman–Crippen MR) is 63.1 cm³/mol. The number of hydrogen-bond donors (Lipinski definition) is 1. The van der Waals surface area contributed by atoms with Gasteiger partial charge in [-0.25, -0.2) is 0 Å². The number of fused-ring (bicyclic) bond motifs is 1. The lowest BCUT2D eigenvalue weighted by molar-refractivity contribution is 0.980. The van der Waals surface area contributed by atoms with Gasteiger partial charge >= 0.3 is 0 Å². The van der Waals surface area contributed by atoms with Crippen LogP contribution in [0.15, 0.2) is 17.6 Å². The Morgan fingerprint density at radius 1 is 1.60 bits per heavy atom. The van der Waals surface area contributed by atoms with Crippen LogP contribution in [-0.4, -0.2) is 11.5 Å². The van der Waals surface area contributed by atoms with Crippen LogP contribution < -0.4 is 5.32 Å². The first-order valence-electron chi connectivity index (χ1n) is 4.87. The second-order valence-corrected chi connectivity index (χ2v) is 4.14. The molecule has 2 rings (SSSR count). The van der Waals surface area contributed by atoms with Gasteiger partial charge in [-0.05, 0) is 17.9 Å². The molecule has 0 saturated heterocycles. The molecule has 0 fully saturated rings. The van der Waals surface area contributed by atoms with E-state index >= 15 is 0 Å². The van der Waals surface area contributed by atoms with Crippen LogP contribution in [0, 0.1) is 11.3 Å². The zero-order valence-electron chi connectivity index (χ0n) is 8.45. The van der Waals surface area contributed by atoms with E-state index < -0.39 is 0 Å². The number of rotatable bonds is 3. The Hall–Kier alpha value is -1.60. The van der Waals surface area contributed by atoms with Crippen molar-refractivity contribution < 1.29 is 0 Å². The molecule has 0 spiro atoms. The molecule has 0 aromatic carbocycles. The third kappa shape index (κ3) is 1.79. The van der Waals surface area contributed by atoms with E-state index in [1.165, 1.54) is 0 Å². The molecule has 0 atom stereocenters. The van der Waals surface area contributed by atoms with Crippen molar-refractivity contribution in [2.45, 2.75) is 13.3 Å². The van der Waals surface area contributed by atoms with E-state index in [4.69, 9.17) is 5.26 Å². The molecule has 15 heavy (non-hydrogen) atoms. The van der Waals surface area contributed by atoms with E-state index in [2.05, 4.69) is 23.3 Å². The molecule has 0 aliphatic carbocycles. The second kappa shape index (κ2) is 4.28. The molecule has 2 aromatic rings. The minimum atomic E-state index is 0.624. The molecule has 2 aromatic heterocycles. The molecule has 3 nitrogen and oxygen atoms in total. The third-order valence-electron chi connectivity index (χ3n) is 2.15. The largest absolute Gasteiger partial charge is 0.383 e. The molecule has 2 heterocycles. The van der Waals surface area contributed by atoms with Crippen molar-refractivity contribution in [2.75, 3.05) is 11.9 Å². The number of nitriles is 1. The summed E-state index contributed by atoms with van der Waals surface area (Å²) in [5.74, 6) is 0. The lowest BCUT2D eigenvalue weighted by atomic mass is 10.2. The minimum Gasteiger partial charge on any atom is -0.383 e. The summed E-state index contributed by atoms with van der Waals surface area (Å²) < 4.78 is 1.07. The third-order valence-corrected chi connectivity index (χ3v) is 3.07. The van der Waals surface area contributed by atoms with Crippen molar-refractivity contribution in [3.8, 4) is 6.07 Å². The zero-order valence-corrected chi connectivity index (χ0v) is 9.27. The van der Waals surface area contributed by atoms with Crippen LogP contribution in [0.4, 0.5) is 5.69 Å². The summed E-state index contributed by atoms with van der Waals surface area (Å²) in [5.41, 5.74) is 2.51. The van der Waals surface area contributed by atoms with E-state index in [1.807, 2.05) is 11.4 Å². The number of nitrogens with zero attached hydrogens (tertiary/aromatic N) is 2. The van der Waals surface area contributed by atoms with Crippen LogP contribution in [0.25, 0.3) is 10.2 Å². The topological polar surface area (TPSA) is 48.7 Å². The molecule has 76 valence electrons. The summed E-state index contributed by atoms with van der Waals surface area (Å²) in [4.78, 5) is 4.23. The highest BCUT2D eigenvalue weighted by atomic mass is 32.1. The Bertz CT molecular complexity index is 510. The number of anilines is 1. The quantitative estimate of drug-likeness (QED) is 0.859. The molecule has 0 unspecified atom stereocenters. The summed E-state index contributed by atoms with van der Waals surface area (Å²) >= 11 is 1.62. The van der Waals surface area contributed by atoms with Crippen molar-refractivity contribution in [3.05, 3.63) is 23.2 Å². The highest BCUT2D eigenvalue weighted by Gasteiger charge is 2.08. The van der Waals surface area contributed by atoms with Gasteiger partial charge in [-0.1, -0.05) is 6.92 Å². The number of pyridine rings is 1. The molecule has 1 N–H and O–H groups in total. The monoisotopic (exact) mass is 217 g/mol. The summed E-state index contributed by atoms with van der Waals surface area (Å²) in [7, 11) is 0. The first-order valence-corrected chi connectivity index (χ1v) is 5.75. The van der Waals surface area contributed by atoms with Gasteiger partial charge in [0.1, 0.15) is 6.07 Å². The lowest BCUT2D eigenvalue weighted by Gasteiger charge is -2.07. The van der Waals surface area contributed by atoms with Crippen molar-refractivity contribution in [2.24, 2.45) is 0 Å². The fraction of sp³-hybridized carbons (Fsp3) is 0.273. The first kappa shape index (κ1) is 9.94. The van der Waals surface area contributed by atoms with Gasteiger partial charge in [0, 0.05) is 12.7 Å². The van der Waals surface area contributed by atoms with Gasteiger partial charge in [0.05, 0.1) is 21.5 Å². The molecule has 4 heteroatoms. The summed E-state index contributed by atoms with van der Waals surface area (Å²) in [5, 5.41) is 14.3. The van der Waals surface area contributed by atoms with E-state index in [1.54, 1.807) is 17.5 Å². The van der Waals surface area contributed by atoms with Crippen molar-refractivity contribution in [1.82, 2.24) is 4.98 Å². The molecule has 0 radical (unpaired) electrons. The maximum absolute atomic E-state index is 8.99. The Balaban J connectivity index is 2.54. The van der Waals surface area contributed by atoms with Crippen LogP contribution in [0.2, 0.25) is 0 Å². The number of nitrogens with one attached hydrogen (secondary N) is 1. The number of thiophene rings is 1. The Labute approximate surface area is 92.4 Å². The maximum atomic E-state index is 8.99. The van der Waals surface area contributed by atoms with Crippen LogP contribution >= 0.6 is 11.3 Å². The van der Waals surface area contributed by atoms with Crippen LogP contribution in [0.5, 0.6) is 0 Å². The Morgan fingerprint density at radius 3 is 3.20 bits per heavy atom. The van der Waals surface area contributed by atoms with E-state index in [9.17, 15) is 0 Å². The summed E-state index contributed by atoms with van der Waals surface area (Å²) in [6.07, 6.45) is 2.67. The summed E-state index contributed by atoms with van der Waals surface area (Å²) in [6.45, 7) is 2.98. The van der Waals surface area contributed by atoms with Crippen LogP contribution in [0.1, 0.15) is 18.9 Å². The molecular formula is C11H11N3S. The van der Waals surface area contributed by atoms with E-state index in [0.717, 1.165) is 28.9 Å². The van der Waals surface area contributed by atoms with Crippen LogP contribution in [0.3, 0.4) is 0 Å². The van der Waals surface area contributed by atoms with Crippen molar-refractivity contribution in [1.29, 1.82) is 5.26 Å². The SMILES string of the molecule is CCCNc1c(C#N)cnc2ccsc12. The fourth-order valence-corrected chi connectivity index (χ4v) is 2.30. The van der Waals surface area contributed by atoms with Crippen molar-refractivity contribution in [3.63, 3.8) is 0 Å². The Morgan fingerprint density at radius 2 is 2.47 bits per heavy atom. The lowest BCUT2D eigenvalue weighted by Crippen LogP contribution is -2.02. The smallest absolute Gasteiger partial charge is 0.103 e. The van der Waals surface area contributed by atoms with E-state index in [-0.39, 0.29) is 0 Å². The molecule has 0 aliphatic rings. The maximum Gasteiger partial charge on any atom is 0.103 e. The standard InChI is InChI=1S/C11H11N3S/c1-2-4-13-10-8(6-12)7-14-9-3-5-15-11(9)10/h3,5,7H,2,4H2,1H3,(H,13,14). The van der Waals surface area contributed by atoms with Crippen molar-refractivity contribution >= 4 is 27.2 Å². The highest BCUT2D eigenvalue weighted by Crippen LogP contribution is 2.29. The van der Waals surface area contributed by atoms with Gasteiger partial charge in [0.25, 0.3) is 0 Å². The average molecular weight is 217 g/mol. The van der Waals surface area contributed by atoms with Gasteiger partial charge in [-0.2, -0.15) is 5.26 Å². The van der Waals surface area contributed by atoms with E-state index in [0.29, 0.717) is 5.56 Å². The zero-order chi connectivity index (χ0) is 10.7. The van der Waals surface area contributed by atoms with Gasteiger partial charge < -0.3 is 5.32 Å². The number of hydrogen-bond acceptors (Lipinski definition) is 4. The van der Waals surface area contributed by atoms with Crippen LogP contribution in [-0.2, 0) is 0 Å². The summed E-state index contributed by atoms with van der Waals surface area (Å²) in [6, 6.07) is 4.14. The Kier molecular flexibility index (Phi) is 2.84. The predicted octanol–water partition coefficient (Wildman–Crippen LogP) is 2.99. The molecule has 0 bridgehead atoms. The molecule has 0 saturated carbocycles.